The van der Waals surface area contributed by atoms with Crippen molar-refractivity contribution in [1.82, 2.24) is 9.55 Å². The minimum Gasteiger partial charge on any atom is -0.299 e. The summed E-state index contributed by atoms with van der Waals surface area (Å²) in [6.45, 7) is 2.17. The minimum absolute atomic E-state index is 0.922. The lowest BCUT2D eigenvalue weighted by Gasteiger charge is -2.20. The normalized spacial score (nSPS) is 10.9. The Kier molecular flexibility index (Phi) is 5.77. The van der Waals surface area contributed by atoms with Gasteiger partial charge in [0.05, 0.1) is 5.69 Å². The van der Waals surface area contributed by atoms with Crippen LogP contribution in [0.3, 0.4) is 0 Å². The summed E-state index contributed by atoms with van der Waals surface area (Å²) in [5.74, 6) is 0.922. The fraction of sp³-hybridized carbons (Fsp3) is 0.0294. The fourth-order valence-electron chi connectivity index (χ4n) is 4.88. The molecule has 0 aliphatic carbocycles. The van der Waals surface area contributed by atoms with Gasteiger partial charge in [0, 0.05) is 29.1 Å². The molecular weight excluding hydrogens is 436 g/mol. The third-order valence-corrected chi connectivity index (χ3v) is 6.53. The lowest BCUT2D eigenvalue weighted by Crippen LogP contribution is -2.03. The molecule has 5 aromatic carbocycles. The third-order valence-electron chi connectivity index (χ3n) is 6.53. The smallest absolute Gasteiger partial charge is 0.144 e. The average Bonchev–Trinajstić information content (AvgIpc) is 3.44. The van der Waals surface area contributed by atoms with E-state index < -0.39 is 0 Å². The van der Waals surface area contributed by atoms with E-state index in [-0.39, 0.29) is 0 Å². The number of imidazole rings is 1. The Bertz CT molecular complexity index is 1550. The largest absolute Gasteiger partial charge is 0.299 e. The lowest BCUT2D eigenvalue weighted by molar-refractivity contribution is 1.07. The molecule has 2 nitrogen and oxygen atoms in total. The Morgan fingerprint density at radius 1 is 0.500 bits per heavy atom. The molecule has 0 aliphatic rings. The molecule has 0 spiro atoms. The van der Waals surface area contributed by atoms with E-state index in [0.717, 1.165) is 17.1 Å². The molecule has 0 unspecified atom stereocenters. The number of benzene rings is 5. The number of rotatable bonds is 5. The lowest BCUT2D eigenvalue weighted by atomic mass is 9.93. The van der Waals surface area contributed by atoms with Crippen LogP contribution in [0.15, 0.2) is 140 Å². The maximum Gasteiger partial charge on any atom is 0.144 e. The van der Waals surface area contributed by atoms with Crippen LogP contribution < -0.4 is 0 Å². The van der Waals surface area contributed by atoms with Gasteiger partial charge < -0.3 is 0 Å². The second kappa shape index (κ2) is 9.52. The molecule has 36 heavy (non-hydrogen) atoms. The van der Waals surface area contributed by atoms with Crippen LogP contribution in [0.25, 0.3) is 50.5 Å². The van der Waals surface area contributed by atoms with Crippen molar-refractivity contribution in [2.45, 2.75) is 6.92 Å². The summed E-state index contributed by atoms with van der Waals surface area (Å²) in [5, 5.41) is 0. The molecule has 2 heteroatoms. The van der Waals surface area contributed by atoms with Gasteiger partial charge in [0.25, 0.3) is 0 Å². The molecule has 0 amide bonds. The Morgan fingerprint density at radius 2 is 1.00 bits per heavy atom. The highest BCUT2D eigenvalue weighted by molar-refractivity contribution is 5.87. The van der Waals surface area contributed by atoms with Crippen LogP contribution in [-0.2, 0) is 0 Å². The van der Waals surface area contributed by atoms with Crippen molar-refractivity contribution in [1.29, 1.82) is 0 Å². The molecule has 0 aliphatic heterocycles. The molecule has 0 radical (unpaired) electrons. The molecule has 172 valence electrons. The van der Waals surface area contributed by atoms with Crippen molar-refractivity contribution >= 4 is 0 Å². The summed E-state index contributed by atoms with van der Waals surface area (Å²) in [6.07, 6.45) is 3.97. The van der Waals surface area contributed by atoms with Gasteiger partial charge in [0.2, 0.25) is 0 Å². The Labute approximate surface area is 212 Å². The van der Waals surface area contributed by atoms with Crippen molar-refractivity contribution in [2.24, 2.45) is 0 Å². The van der Waals surface area contributed by atoms with Gasteiger partial charge >= 0.3 is 0 Å². The maximum absolute atomic E-state index is 4.85. The van der Waals surface area contributed by atoms with E-state index in [1.807, 2.05) is 12.3 Å². The summed E-state index contributed by atoms with van der Waals surface area (Å²) in [7, 11) is 0. The highest BCUT2D eigenvalue weighted by Gasteiger charge is 2.18. The van der Waals surface area contributed by atoms with Crippen LogP contribution in [0.1, 0.15) is 5.56 Å². The zero-order valence-corrected chi connectivity index (χ0v) is 20.2. The molecule has 0 fully saturated rings. The molecule has 0 saturated carbocycles. The van der Waals surface area contributed by atoms with Crippen LogP contribution in [0.4, 0.5) is 0 Å². The van der Waals surface area contributed by atoms with Gasteiger partial charge in [0.15, 0.2) is 0 Å². The molecule has 6 rings (SSSR count). The second-order valence-electron chi connectivity index (χ2n) is 9.01. The van der Waals surface area contributed by atoms with E-state index in [1.54, 1.807) is 0 Å². The second-order valence-corrected chi connectivity index (χ2v) is 9.01. The highest BCUT2D eigenvalue weighted by Crippen LogP contribution is 2.39. The first kappa shape index (κ1) is 21.8. The van der Waals surface area contributed by atoms with Crippen LogP contribution in [0.2, 0.25) is 0 Å². The number of nitrogens with zero attached hydrogens (tertiary/aromatic N) is 2. The predicted octanol–water partition coefficient (Wildman–Crippen LogP) is 8.85. The van der Waals surface area contributed by atoms with Gasteiger partial charge in [0.1, 0.15) is 5.82 Å². The van der Waals surface area contributed by atoms with Gasteiger partial charge in [-0.2, -0.15) is 0 Å². The Hall–Kier alpha value is -4.69. The SMILES string of the molecule is Cc1cc(-c2ccccc2)c(-n2ccnc2-c2cccc(-c3ccccc3)c2)c(-c2ccccc2)c1. The van der Waals surface area contributed by atoms with Crippen LogP contribution >= 0.6 is 0 Å². The topological polar surface area (TPSA) is 17.8 Å². The van der Waals surface area contributed by atoms with E-state index in [9.17, 15) is 0 Å². The molecule has 0 saturated heterocycles. The molecule has 1 heterocycles. The first-order valence-corrected chi connectivity index (χ1v) is 12.2. The van der Waals surface area contributed by atoms with E-state index in [4.69, 9.17) is 4.98 Å². The van der Waals surface area contributed by atoms with Crippen molar-refractivity contribution in [2.75, 3.05) is 0 Å². The van der Waals surface area contributed by atoms with Crippen LogP contribution in [0, 0.1) is 6.92 Å². The fourth-order valence-corrected chi connectivity index (χ4v) is 4.88. The Morgan fingerprint density at radius 3 is 1.58 bits per heavy atom. The summed E-state index contributed by atoms with van der Waals surface area (Å²) in [4.78, 5) is 4.85. The zero-order valence-electron chi connectivity index (χ0n) is 20.2. The summed E-state index contributed by atoms with van der Waals surface area (Å²) >= 11 is 0. The first-order valence-electron chi connectivity index (χ1n) is 12.2. The van der Waals surface area contributed by atoms with Crippen molar-refractivity contribution in [3.63, 3.8) is 0 Å². The molecule has 6 aromatic rings. The van der Waals surface area contributed by atoms with Gasteiger partial charge in [-0.1, -0.05) is 109 Å². The number of aryl methyl sites for hydroxylation is 1. The highest BCUT2D eigenvalue weighted by atomic mass is 15.1. The van der Waals surface area contributed by atoms with Crippen molar-refractivity contribution in [3.05, 3.63) is 145 Å². The molecule has 0 N–H and O–H groups in total. The van der Waals surface area contributed by atoms with E-state index in [2.05, 4.69) is 139 Å². The molecule has 0 atom stereocenters. The van der Waals surface area contributed by atoms with Crippen molar-refractivity contribution in [3.8, 4) is 50.5 Å². The monoisotopic (exact) mass is 462 g/mol. The number of hydrogen-bond donors (Lipinski definition) is 0. The van der Waals surface area contributed by atoms with Crippen LogP contribution in [0.5, 0.6) is 0 Å². The molecule has 1 aromatic heterocycles. The molecular formula is C34H26N2. The predicted molar refractivity (Wildman–Crippen MR) is 150 cm³/mol. The summed E-state index contributed by atoms with van der Waals surface area (Å²) < 4.78 is 2.24. The van der Waals surface area contributed by atoms with Gasteiger partial charge in [-0.3, -0.25) is 4.57 Å². The summed E-state index contributed by atoms with van der Waals surface area (Å²) in [5.41, 5.74) is 10.6. The number of hydrogen-bond acceptors (Lipinski definition) is 1. The van der Waals surface area contributed by atoms with E-state index in [0.29, 0.717) is 0 Å². The van der Waals surface area contributed by atoms with E-state index in [1.165, 1.54) is 38.9 Å². The maximum atomic E-state index is 4.85. The average molecular weight is 463 g/mol. The number of aromatic nitrogens is 2. The first-order chi connectivity index (χ1) is 17.8. The van der Waals surface area contributed by atoms with Crippen molar-refractivity contribution < 1.29 is 0 Å². The quantitative estimate of drug-likeness (QED) is 0.250. The summed E-state index contributed by atoms with van der Waals surface area (Å²) in [6, 6.07) is 44.9. The third kappa shape index (κ3) is 4.14. The Balaban J connectivity index is 1.60. The van der Waals surface area contributed by atoms with Gasteiger partial charge in [-0.05, 0) is 52.9 Å². The van der Waals surface area contributed by atoms with Gasteiger partial charge in [-0.25, -0.2) is 4.98 Å². The van der Waals surface area contributed by atoms with Gasteiger partial charge in [-0.15, -0.1) is 0 Å². The van der Waals surface area contributed by atoms with E-state index >= 15 is 0 Å². The standard InChI is InChI=1S/C34H26N2/c1-25-22-31(27-14-7-3-8-15-27)33(32(23-25)28-16-9-4-10-17-28)36-21-20-35-34(36)30-19-11-18-29(24-30)26-12-5-2-6-13-26/h2-24H,1H3. The zero-order chi connectivity index (χ0) is 24.3. The van der Waals surface area contributed by atoms with Crippen LogP contribution in [-0.4, -0.2) is 9.55 Å². The molecule has 0 bridgehead atoms. The minimum atomic E-state index is 0.922.